The summed E-state index contributed by atoms with van der Waals surface area (Å²) in [5, 5.41) is 13.6. The molecule has 1 aromatic carbocycles. The summed E-state index contributed by atoms with van der Waals surface area (Å²) >= 11 is 0. The van der Waals surface area contributed by atoms with Crippen molar-refractivity contribution in [3.8, 4) is 11.5 Å². The van der Waals surface area contributed by atoms with Crippen molar-refractivity contribution in [2.75, 3.05) is 25.3 Å². The number of ether oxygens (including phenoxy) is 3. The second-order valence-corrected chi connectivity index (χ2v) is 4.89. The lowest BCUT2D eigenvalue weighted by atomic mass is 9.99. The third-order valence-corrected chi connectivity index (χ3v) is 3.44. The highest BCUT2D eigenvalue weighted by Gasteiger charge is 2.39. The minimum atomic E-state index is -1.18. The standard InChI is InChI=1S/C12H13N3O6/c13-12(1-2-19-5-12)11(16)14-7-3-9-10(21-6-20-9)4-8(7)15(17)18/h3-4H,1-2,5-6,13H2,(H,14,16). The van der Waals surface area contributed by atoms with E-state index in [1.165, 1.54) is 12.1 Å². The fourth-order valence-electron chi connectivity index (χ4n) is 2.19. The molecule has 1 unspecified atom stereocenters. The van der Waals surface area contributed by atoms with Crippen molar-refractivity contribution in [2.24, 2.45) is 5.73 Å². The van der Waals surface area contributed by atoms with Gasteiger partial charge in [-0.2, -0.15) is 0 Å². The zero-order chi connectivity index (χ0) is 15.0. The molecule has 2 heterocycles. The van der Waals surface area contributed by atoms with Gasteiger partial charge in [-0.25, -0.2) is 0 Å². The Kier molecular flexibility index (Phi) is 3.15. The summed E-state index contributed by atoms with van der Waals surface area (Å²) in [4.78, 5) is 22.7. The summed E-state index contributed by atoms with van der Waals surface area (Å²) in [5.74, 6) is 0.0815. The molecule has 1 saturated heterocycles. The van der Waals surface area contributed by atoms with Crippen LogP contribution in [0.2, 0.25) is 0 Å². The molecule has 3 rings (SSSR count). The van der Waals surface area contributed by atoms with Gasteiger partial charge in [0, 0.05) is 12.7 Å². The summed E-state index contributed by atoms with van der Waals surface area (Å²) < 4.78 is 15.3. The van der Waals surface area contributed by atoms with E-state index in [2.05, 4.69) is 5.32 Å². The first-order chi connectivity index (χ1) is 9.99. The molecule has 0 saturated carbocycles. The molecule has 0 aliphatic carbocycles. The molecule has 0 radical (unpaired) electrons. The average molecular weight is 295 g/mol. The molecule has 0 bridgehead atoms. The third-order valence-electron chi connectivity index (χ3n) is 3.44. The van der Waals surface area contributed by atoms with E-state index in [1.54, 1.807) is 0 Å². The molecule has 3 N–H and O–H groups in total. The van der Waals surface area contributed by atoms with E-state index in [0.29, 0.717) is 18.8 Å². The number of amides is 1. The maximum atomic E-state index is 12.2. The van der Waals surface area contributed by atoms with E-state index in [1.807, 2.05) is 0 Å². The Bertz CT molecular complexity index is 611. The average Bonchev–Trinajstić information content (AvgIpc) is 3.06. The van der Waals surface area contributed by atoms with E-state index in [0.717, 1.165) is 0 Å². The first-order valence-corrected chi connectivity index (χ1v) is 6.26. The molecule has 0 aromatic heterocycles. The fraction of sp³-hybridized carbons (Fsp3) is 0.417. The Morgan fingerprint density at radius 3 is 2.71 bits per heavy atom. The summed E-state index contributed by atoms with van der Waals surface area (Å²) in [6.07, 6.45) is 0.358. The van der Waals surface area contributed by atoms with Gasteiger partial charge in [-0.1, -0.05) is 0 Å². The lowest BCUT2D eigenvalue weighted by molar-refractivity contribution is -0.384. The Morgan fingerprint density at radius 2 is 2.10 bits per heavy atom. The summed E-state index contributed by atoms with van der Waals surface area (Å²) in [6.45, 7) is 0.447. The summed E-state index contributed by atoms with van der Waals surface area (Å²) in [5.41, 5.74) is 4.49. The Morgan fingerprint density at radius 1 is 1.38 bits per heavy atom. The number of carbonyl (C=O) groups is 1. The van der Waals surface area contributed by atoms with E-state index in [4.69, 9.17) is 19.9 Å². The van der Waals surface area contributed by atoms with Crippen LogP contribution in [0.3, 0.4) is 0 Å². The van der Waals surface area contributed by atoms with Gasteiger partial charge in [-0.3, -0.25) is 14.9 Å². The largest absolute Gasteiger partial charge is 0.454 e. The monoisotopic (exact) mass is 295 g/mol. The molecule has 1 fully saturated rings. The SMILES string of the molecule is NC1(C(=O)Nc2cc3c(cc2[N+](=O)[O-])OCO3)CCOC1. The lowest BCUT2D eigenvalue weighted by Gasteiger charge is -2.20. The van der Waals surface area contributed by atoms with E-state index >= 15 is 0 Å². The zero-order valence-electron chi connectivity index (χ0n) is 11.0. The van der Waals surface area contributed by atoms with Crippen LogP contribution in [0.1, 0.15) is 6.42 Å². The van der Waals surface area contributed by atoms with Gasteiger partial charge in [-0.15, -0.1) is 0 Å². The highest BCUT2D eigenvalue weighted by molar-refractivity contribution is 6.00. The first-order valence-electron chi connectivity index (χ1n) is 6.26. The predicted octanol–water partition coefficient (Wildman–Crippen LogP) is 0.380. The van der Waals surface area contributed by atoms with Gasteiger partial charge in [0.1, 0.15) is 11.2 Å². The highest BCUT2D eigenvalue weighted by atomic mass is 16.7. The summed E-state index contributed by atoms with van der Waals surface area (Å²) in [6, 6.07) is 2.57. The Hall–Kier alpha value is -2.39. The van der Waals surface area contributed by atoms with Crippen LogP contribution in [0.5, 0.6) is 11.5 Å². The normalized spacial score (nSPS) is 23.1. The molecular formula is C12H13N3O6. The number of hydrogen-bond acceptors (Lipinski definition) is 7. The third kappa shape index (κ3) is 2.36. The van der Waals surface area contributed by atoms with E-state index in [-0.39, 0.29) is 30.5 Å². The number of carbonyl (C=O) groups excluding carboxylic acids is 1. The predicted molar refractivity (Wildman–Crippen MR) is 70.2 cm³/mol. The molecule has 21 heavy (non-hydrogen) atoms. The van der Waals surface area contributed by atoms with Crippen LogP contribution in [-0.2, 0) is 9.53 Å². The van der Waals surface area contributed by atoms with Crippen molar-refractivity contribution in [3.05, 3.63) is 22.2 Å². The van der Waals surface area contributed by atoms with Crippen molar-refractivity contribution in [1.82, 2.24) is 0 Å². The molecule has 9 heteroatoms. The first kappa shape index (κ1) is 13.6. The number of nitro benzene ring substituents is 1. The summed E-state index contributed by atoms with van der Waals surface area (Å²) in [7, 11) is 0. The Labute approximate surface area is 119 Å². The fourth-order valence-corrected chi connectivity index (χ4v) is 2.19. The number of rotatable bonds is 3. The number of nitrogens with two attached hydrogens (primary N) is 1. The molecule has 1 amide bonds. The van der Waals surface area contributed by atoms with Gasteiger partial charge in [0.05, 0.1) is 17.6 Å². The van der Waals surface area contributed by atoms with Crippen molar-refractivity contribution in [3.63, 3.8) is 0 Å². The van der Waals surface area contributed by atoms with Gasteiger partial charge in [0.2, 0.25) is 12.7 Å². The zero-order valence-corrected chi connectivity index (χ0v) is 11.0. The topological polar surface area (TPSA) is 126 Å². The minimum absolute atomic E-state index is 0.0153. The van der Waals surface area contributed by atoms with Gasteiger partial charge in [-0.05, 0) is 6.42 Å². The number of hydrogen-bond donors (Lipinski definition) is 2. The van der Waals surface area contributed by atoms with Crippen molar-refractivity contribution < 1.29 is 23.9 Å². The number of nitrogens with zero attached hydrogens (tertiary/aromatic N) is 1. The van der Waals surface area contributed by atoms with E-state index in [9.17, 15) is 14.9 Å². The second kappa shape index (κ2) is 4.86. The van der Waals surface area contributed by atoms with Gasteiger partial charge in [0.15, 0.2) is 11.5 Å². The van der Waals surface area contributed by atoms with Crippen molar-refractivity contribution in [2.45, 2.75) is 12.0 Å². The van der Waals surface area contributed by atoms with Crippen LogP contribution in [0.25, 0.3) is 0 Å². The van der Waals surface area contributed by atoms with Crippen molar-refractivity contribution >= 4 is 17.3 Å². The minimum Gasteiger partial charge on any atom is -0.454 e. The van der Waals surface area contributed by atoms with Crippen LogP contribution in [0.15, 0.2) is 12.1 Å². The molecular weight excluding hydrogens is 282 g/mol. The lowest BCUT2D eigenvalue weighted by Crippen LogP contribution is -2.51. The molecule has 9 nitrogen and oxygen atoms in total. The number of nitro groups is 1. The number of benzene rings is 1. The number of anilines is 1. The molecule has 2 aliphatic heterocycles. The van der Waals surface area contributed by atoms with Gasteiger partial charge < -0.3 is 25.3 Å². The number of fused-ring (bicyclic) bond motifs is 1. The Balaban J connectivity index is 1.91. The molecule has 2 aliphatic rings. The second-order valence-electron chi connectivity index (χ2n) is 4.89. The van der Waals surface area contributed by atoms with Crippen LogP contribution < -0.4 is 20.5 Å². The van der Waals surface area contributed by atoms with Crippen LogP contribution in [0.4, 0.5) is 11.4 Å². The molecule has 112 valence electrons. The molecule has 0 spiro atoms. The van der Waals surface area contributed by atoms with Crippen LogP contribution in [0, 0.1) is 10.1 Å². The maximum Gasteiger partial charge on any atom is 0.296 e. The molecule has 1 aromatic rings. The van der Waals surface area contributed by atoms with E-state index < -0.39 is 16.4 Å². The quantitative estimate of drug-likeness (QED) is 0.609. The van der Waals surface area contributed by atoms with Crippen LogP contribution in [-0.4, -0.2) is 36.4 Å². The van der Waals surface area contributed by atoms with Gasteiger partial charge >= 0.3 is 0 Å². The van der Waals surface area contributed by atoms with Crippen molar-refractivity contribution in [1.29, 1.82) is 0 Å². The molecule has 1 atom stereocenters. The smallest absolute Gasteiger partial charge is 0.296 e. The highest BCUT2D eigenvalue weighted by Crippen LogP contribution is 2.40. The van der Waals surface area contributed by atoms with Crippen LogP contribution >= 0.6 is 0 Å². The van der Waals surface area contributed by atoms with Gasteiger partial charge in [0.25, 0.3) is 5.69 Å². The maximum absolute atomic E-state index is 12.2. The number of nitrogens with one attached hydrogen (secondary N) is 1.